The Morgan fingerprint density at radius 3 is 2.10 bits per heavy atom. The van der Waals surface area contributed by atoms with E-state index in [9.17, 15) is 0 Å². The topological polar surface area (TPSA) is 40.5 Å². The van der Waals surface area contributed by atoms with E-state index in [-0.39, 0.29) is 12.0 Å². The first kappa shape index (κ1) is 9.92. The second-order valence-corrected chi connectivity index (χ2v) is 3.94. The van der Waals surface area contributed by atoms with Crippen molar-refractivity contribution in [1.82, 2.24) is 0 Å². The first-order valence-electron chi connectivity index (χ1n) is 3.74. The fourth-order valence-corrected chi connectivity index (χ4v) is 0.691. The van der Waals surface area contributed by atoms with Crippen molar-refractivity contribution in [3.8, 4) is 0 Å². The molecule has 0 rings (SSSR count). The molecule has 2 N–H and O–H groups in total. The molecular formula is C8H18O2. The maximum absolute atomic E-state index is 8.97. The number of aliphatic hydroxyl groups excluding tert-OH is 2. The van der Waals surface area contributed by atoms with E-state index in [2.05, 4.69) is 20.8 Å². The predicted octanol–water partition coefficient (Wildman–Crippen LogP) is 1.17. The van der Waals surface area contributed by atoms with Gasteiger partial charge in [-0.1, -0.05) is 20.8 Å². The third kappa shape index (κ3) is 6.05. The van der Waals surface area contributed by atoms with E-state index in [1.165, 1.54) is 0 Å². The van der Waals surface area contributed by atoms with Crippen molar-refractivity contribution in [2.45, 2.75) is 39.7 Å². The molecule has 0 aliphatic carbocycles. The molecule has 0 amide bonds. The van der Waals surface area contributed by atoms with E-state index in [1.807, 2.05) is 0 Å². The van der Waals surface area contributed by atoms with E-state index < -0.39 is 6.10 Å². The van der Waals surface area contributed by atoms with Crippen LogP contribution in [0.3, 0.4) is 0 Å². The Bertz CT molecular complexity index is 83.7. The maximum atomic E-state index is 8.97. The first-order valence-corrected chi connectivity index (χ1v) is 3.74. The Morgan fingerprint density at radius 2 is 1.80 bits per heavy atom. The highest BCUT2D eigenvalue weighted by Gasteiger charge is 2.12. The van der Waals surface area contributed by atoms with Gasteiger partial charge in [0, 0.05) is 0 Å². The minimum Gasteiger partial charge on any atom is -0.394 e. The van der Waals surface area contributed by atoms with Gasteiger partial charge in [-0.2, -0.15) is 0 Å². The van der Waals surface area contributed by atoms with E-state index in [0.29, 0.717) is 6.42 Å². The Balaban J connectivity index is 3.36. The van der Waals surface area contributed by atoms with Crippen LogP contribution in [0, 0.1) is 5.41 Å². The molecule has 62 valence electrons. The quantitative estimate of drug-likeness (QED) is 0.627. The van der Waals surface area contributed by atoms with E-state index >= 15 is 0 Å². The van der Waals surface area contributed by atoms with Crippen LogP contribution in [0.2, 0.25) is 0 Å². The lowest BCUT2D eigenvalue weighted by atomic mass is 9.89. The van der Waals surface area contributed by atoms with Gasteiger partial charge >= 0.3 is 0 Å². The third-order valence-corrected chi connectivity index (χ3v) is 1.44. The Morgan fingerprint density at radius 1 is 1.30 bits per heavy atom. The van der Waals surface area contributed by atoms with Gasteiger partial charge in [-0.15, -0.1) is 0 Å². The fourth-order valence-electron chi connectivity index (χ4n) is 0.691. The van der Waals surface area contributed by atoms with Crippen LogP contribution < -0.4 is 0 Å². The van der Waals surface area contributed by atoms with Gasteiger partial charge in [0.1, 0.15) is 0 Å². The molecule has 0 aromatic carbocycles. The summed E-state index contributed by atoms with van der Waals surface area (Å²) in [4.78, 5) is 0. The van der Waals surface area contributed by atoms with Crippen LogP contribution in [0.4, 0.5) is 0 Å². The monoisotopic (exact) mass is 146 g/mol. The van der Waals surface area contributed by atoms with Crippen LogP contribution >= 0.6 is 0 Å². The minimum absolute atomic E-state index is 0.115. The third-order valence-electron chi connectivity index (χ3n) is 1.44. The van der Waals surface area contributed by atoms with Gasteiger partial charge in [0.05, 0.1) is 12.7 Å². The largest absolute Gasteiger partial charge is 0.394 e. The van der Waals surface area contributed by atoms with Crippen LogP contribution in [-0.4, -0.2) is 22.9 Å². The molecule has 0 fully saturated rings. The van der Waals surface area contributed by atoms with Crippen molar-refractivity contribution >= 4 is 0 Å². The lowest BCUT2D eigenvalue weighted by Gasteiger charge is -2.19. The standard InChI is InChI=1S/C8H18O2/c1-8(2,3)5-4-7(10)6-9/h7,9-10H,4-6H2,1-3H3/t7-/m1/s1. The molecule has 0 unspecified atom stereocenters. The molecule has 0 spiro atoms. The van der Waals surface area contributed by atoms with Crippen molar-refractivity contribution in [1.29, 1.82) is 0 Å². The van der Waals surface area contributed by atoms with Crippen molar-refractivity contribution in [2.75, 3.05) is 6.61 Å². The molecule has 0 heterocycles. The number of aliphatic hydroxyl groups is 2. The molecule has 0 bridgehead atoms. The van der Waals surface area contributed by atoms with Crippen LogP contribution in [0.5, 0.6) is 0 Å². The molecule has 2 nitrogen and oxygen atoms in total. The van der Waals surface area contributed by atoms with Crippen LogP contribution in [0.25, 0.3) is 0 Å². The average molecular weight is 146 g/mol. The van der Waals surface area contributed by atoms with Crippen molar-refractivity contribution in [3.05, 3.63) is 0 Å². The summed E-state index contributed by atoms with van der Waals surface area (Å²) < 4.78 is 0. The molecular weight excluding hydrogens is 128 g/mol. The smallest absolute Gasteiger partial charge is 0.0771 e. The zero-order valence-corrected chi connectivity index (χ0v) is 7.09. The summed E-state index contributed by atoms with van der Waals surface area (Å²) in [5, 5.41) is 17.5. The highest BCUT2D eigenvalue weighted by atomic mass is 16.3. The van der Waals surface area contributed by atoms with E-state index in [4.69, 9.17) is 10.2 Å². The average Bonchev–Trinajstić information content (AvgIpc) is 1.81. The SMILES string of the molecule is CC(C)(C)CC[C@@H](O)CO. The summed E-state index contributed by atoms with van der Waals surface area (Å²) in [5.41, 5.74) is 0.260. The molecule has 1 atom stereocenters. The molecule has 0 aliphatic heterocycles. The summed E-state index contributed by atoms with van der Waals surface area (Å²) >= 11 is 0. The molecule has 0 saturated carbocycles. The summed E-state index contributed by atoms with van der Waals surface area (Å²) in [7, 11) is 0. The van der Waals surface area contributed by atoms with Gasteiger partial charge in [-0.25, -0.2) is 0 Å². The van der Waals surface area contributed by atoms with Crippen LogP contribution in [0.1, 0.15) is 33.6 Å². The Hall–Kier alpha value is -0.0800. The van der Waals surface area contributed by atoms with Crippen molar-refractivity contribution in [2.24, 2.45) is 5.41 Å². The van der Waals surface area contributed by atoms with Crippen LogP contribution in [0.15, 0.2) is 0 Å². The van der Waals surface area contributed by atoms with Crippen molar-refractivity contribution < 1.29 is 10.2 Å². The lowest BCUT2D eigenvalue weighted by molar-refractivity contribution is 0.0782. The summed E-state index contributed by atoms with van der Waals surface area (Å²) in [6.45, 7) is 6.25. The molecule has 0 aliphatic rings. The van der Waals surface area contributed by atoms with Gasteiger partial charge < -0.3 is 10.2 Å². The number of rotatable bonds is 3. The Labute approximate surface area is 62.9 Å². The second-order valence-electron chi connectivity index (χ2n) is 3.94. The second kappa shape index (κ2) is 3.94. The van der Waals surface area contributed by atoms with Crippen molar-refractivity contribution in [3.63, 3.8) is 0 Å². The number of hydrogen-bond donors (Lipinski definition) is 2. The molecule has 0 aromatic rings. The molecule has 2 heteroatoms. The van der Waals surface area contributed by atoms with Crippen LogP contribution in [-0.2, 0) is 0 Å². The van der Waals surface area contributed by atoms with Gasteiger partial charge in [-0.3, -0.25) is 0 Å². The zero-order chi connectivity index (χ0) is 8.20. The van der Waals surface area contributed by atoms with Gasteiger partial charge in [0.2, 0.25) is 0 Å². The molecule has 0 aromatic heterocycles. The maximum Gasteiger partial charge on any atom is 0.0771 e. The van der Waals surface area contributed by atoms with Gasteiger partial charge in [-0.05, 0) is 18.3 Å². The predicted molar refractivity (Wildman–Crippen MR) is 41.8 cm³/mol. The molecule has 10 heavy (non-hydrogen) atoms. The van der Waals surface area contributed by atoms with Gasteiger partial charge in [0.25, 0.3) is 0 Å². The summed E-state index contributed by atoms with van der Waals surface area (Å²) in [5.74, 6) is 0. The Kier molecular flexibility index (Phi) is 3.91. The number of hydrogen-bond acceptors (Lipinski definition) is 2. The zero-order valence-electron chi connectivity index (χ0n) is 7.09. The fraction of sp³-hybridized carbons (Fsp3) is 1.00. The lowest BCUT2D eigenvalue weighted by Crippen LogP contribution is -2.15. The highest BCUT2D eigenvalue weighted by Crippen LogP contribution is 2.21. The molecule has 0 saturated heterocycles. The molecule has 0 radical (unpaired) electrons. The minimum atomic E-state index is -0.528. The summed E-state index contributed by atoms with van der Waals surface area (Å²) in [6.07, 6.45) is 1.12. The van der Waals surface area contributed by atoms with Gasteiger partial charge in [0.15, 0.2) is 0 Å². The first-order chi connectivity index (χ1) is 4.45. The highest BCUT2D eigenvalue weighted by molar-refractivity contribution is 4.64. The van der Waals surface area contributed by atoms with E-state index in [1.54, 1.807) is 0 Å². The van der Waals surface area contributed by atoms with E-state index in [0.717, 1.165) is 6.42 Å². The summed E-state index contributed by atoms with van der Waals surface area (Å²) in [6, 6.07) is 0. The normalized spacial score (nSPS) is 15.3.